The molecule has 0 saturated heterocycles. The van der Waals surface area contributed by atoms with Gasteiger partial charge in [-0.2, -0.15) is 0 Å². The number of hydroxylamine groups is 1. The molecule has 0 heterocycles. The zero-order chi connectivity index (χ0) is 15.5. The second-order valence-corrected chi connectivity index (χ2v) is 4.48. The van der Waals surface area contributed by atoms with Crippen molar-refractivity contribution in [3.05, 3.63) is 29.8 Å². The highest BCUT2D eigenvalue weighted by Gasteiger charge is 2.14. The smallest absolute Gasteiger partial charge is 0.260 e. The first-order valence-electron chi connectivity index (χ1n) is 6.96. The van der Waals surface area contributed by atoms with Crippen molar-refractivity contribution in [1.29, 1.82) is 0 Å². The quantitative estimate of drug-likeness (QED) is 0.431. The molecule has 1 aromatic carbocycles. The number of ether oxygens (including phenoxy) is 1. The van der Waals surface area contributed by atoms with Gasteiger partial charge >= 0.3 is 0 Å². The van der Waals surface area contributed by atoms with Gasteiger partial charge in [0.2, 0.25) is 0 Å². The van der Waals surface area contributed by atoms with E-state index in [2.05, 4.69) is 17.3 Å². The van der Waals surface area contributed by atoms with E-state index in [1.54, 1.807) is 6.92 Å². The standard InChI is InChI=1S/C16H22N2O3/c1-3-5-11-20-14-8-6-13(7-9-14)12-15(17)16(19)18-21-10-4-2/h6-9,15H,4,10-12,17H2,1-2H3,(H,18,19). The summed E-state index contributed by atoms with van der Waals surface area (Å²) >= 11 is 0. The summed E-state index contributed by atoms with van der Waals surface area (Å²) in [7, 11) is 0. The number of nitrogens with one attached hydrogen (secondary N) is 1. The Hall–Kier alpha value is -2.03. The van der Waals surface area contributed by atoms with Crippen LogP contribution in [0.15, 0.2) is 24.3 Å². The first kappa shape index (κ1) is 17.0. The molecule has 0 aliphatic carbocycles. The van der Waals surface area contributed by atoms with Gasteiger partial charge in [0.15, 0.2) is 0 Å². The monoisotopic (exact) mass is 290 g/mol. The molecular formula is C16H22N2O3. The van der Waals surface area contributed by atoms with Gasteiger partial charge < -0.3 is 10.5 Å². The summed E-state index contributed by atoms with van der Waals surface area (Å²) in [6.45, 7) is 4.57. The zero-order valence-corrected chi connectivity index (χ0v) is 12.5. The number of rotatable bonds is 8. The van der Waals surface area contributed by atoms with Crippen molar-refractivity contribution in [2.75, 3.05) is 13.2 Å². The Morgan fingerprint density at radius 3 is 2.71 bits per heavy atom. The normalized spacial score (nSPS) is 11.2. The minimum absolute atomic E-state index is 0.318. The summed E-state index contributed by atoms with van der Waals surface area (Å²) in [4.78, 5) is 16.6. The van der Waals surface area contributed by atoms with E-state index >= 15 is 0 Å². The fourth-order valence-corrected chi connectivity index (χ4v) is 1.56. The average Bonchev–Trinajstić information content (AvgIpc) is 2.49. The van der Waals surface area contributed by atoms with Crippen LogP contribution in [0.5, 0.6) is 5.75 Å². The topological polar surface area (TPSA) is 73.6 Å². The number of benzene rings is 1. The maximum atomic E-state index is 11.7. The minimum atomic E-state index is -0.639. The zero-order valence-electron chi connectivity index (χ0n) is 12.5. The van der Waals surface area contributed by atoms with Crippen LogP contribution in [-0.2, 0) is 16.1 Å². The maximum absolute atomic E-state index is 11.7. The van der Waals surface area contributed by atoms with Crippen LogP contribution in [0.25, 0.3) is 0 Å². The van der Waals surface area contributed by atoms with Crippen molar-refractivity contribution in [3.63, 3.8) is 0 Å². The van der Waals surface area contributed by atoms with Crippen molar-refractivity contribution < 1.29 is 14.4 Å². The van der Waals surface area contributed by atoms with Crippen LogP contribution in [0.2, 0.25) is 0 Å². The summed E-state index contributed by atoms with van der Waals surface area (Å²) in [5.41, 5.74) is 9.13. The van der Waals surface area contributed by atoms with E-state index in [0.29, 0.717) is 19.6 Å². The molecule has 5 heteroatoms. The maximum Gasteiger partial charge on any atom is 0.260 e. The first-order valence-corrected chi connectivity index (χ1v) is 6.96. The SMILES string of the molecule is CC#CCOc1ccc(CC(N)C(=O)NOCCC)cc1. The van der Waals surface area contributed by atoms with Crippen molar-refractivity contribution >= 4 is 5.91 Å². The Labute approximate surface area is 125 Å². The van der Waals surface area contributed by atoms with E-state index in [0.717, 1.165) is 17.7 Å². The second kappa shape index (κ2) is 9.81. The lowest BCUT2D eigenvalue weighted by Gasteiger charge is -2.12. The number of carbonyl (C=O) groups is 1. The molecule has 1 amide bonds. The molecule has 1 rings (SSSR count). The van der Waals surface area contributed by atoms with Gasteiger partial charge in [-0.05, 0) is 37.5 Å². The van der Waals surface area contributed by atoms with Crippen LogP contribution < -0.4 is 16.0 Å². The molecule has 1 aromatic rings. The highest BCUT2D eigenvalue weighted by atomic mass is 16.6. The number of amides is 1. The lowest BCUT2D eigenvalue weighted by Crippen LogP contribution is -2.42. The van der Waals surface area contributed by atoms with E-state index in [9.17, 15) is 4.79 Å². The van der Waals surface area contributed by atoms with Gasteiger partial charge in [-0.15, -0.1) is 5.92 Å². The fourth-order valence-electron chi connectivity index (χ4n) is 1.56. The molecule has 0 spiro atoms. The second-order valence-electron chi connectivity index (χ2n) is 4.48. The molecule has 21 heavy (non-hydrogen) atoms. The predicted octanol–water partition coefficient (Wildman–Crippen LogP) is 1.42. The summed E-state index contributed by atoms with van der Waals surface area (Å²) in [6, 6.07) is 6.80. The Kier molecular flexibility index (Phi) is 7.95. The number of hydrogen-bond acceptors (Lipinski definition) is 4. The van der Waals surface area contributed by atoms with Crippen molar-refractivity contribution in [2.45, 2.75) is 32.7 Å². The summed E-state index contributed by atoms with van der Waals surface area (Å²) < 4.78 is 5.42. The Balaban J connectivity index is 2.42. The molecule has 0 radical (unpaired) electrons. The largest absolute Gasteiger partial charge is 0.481 e. The molecule has 0 saturated carbocycles. The first-order chi connectivity index (χ1) is 10.2. The van der Waals surface area contributed by atoms with Gasteiger partial charge in [0, 0.05) is 0 Å². The lowest BCUT2D eigenvalue weighted by atomic mass is 10.1. The van der Waals surface area contributed by atoms with E-state index in [1.165, 1.54) is 0 Å². The fraction of sp³-hybridized carbons (Fsp3) is 0.438. The molecule has 1 unspecified atom stereocenters. The summed E-state index contributed by atoms with van der Waals surface area (Å²) in [6.07, 6.45) is 1.27. The van der Waals surface area contributed by atoms with E-state index in [-0.39, 0.29) is 5.91 Å². The number of carbonyl (C=O) groups excluding carboxylic acids is 1. The average molecular weight is 290 g/mol. The third-order valence-electron chi connectivity index (χ3n) is 2.68. The molecule has 0 aromatic heterocycles. The van der Waals surface area contributed by atoms with E-state index in [1.807, 2.05) is 31.2 Å². The lowest BCUT2D eigenvalue weighted by molar-refractivity contribution is -0.134. The van der Waals surface area contributed by atoms with Gasteiger partial charge in [0.05, 0.1) is 12.6 Å². The van der Waals surface area contributed by atoms with E-state index in [4.69, 9.17) is 15.3 Å². The van der Waals surface area contributed by atoms with Crippen molar-refractivity contribution in [1.82, 2.24) is 5.48 Å². The molecule has 0 fully saturated rings. The Morgan fingerprint density at radius 2 is 2.10 bits per heavy atom. The predicted molar refractivity (Wildman–Crippen MR) is 81.5 cm³/mol. The Bertz CT molecular complexity index is 488. The van der Waals surface area contributed by atoms with Crippen LogP contribution in [0.1, 0.15) is 25.8 Å². The van der Waals surface area contributed by atoms with Crippen LogP contribution >= 0.6 is 0 Å². The van der Waals surface area contributed by atoms with Crippen LogP contribution in [0.4, 0.5) is 0 Å². The molecule has 0 bridgehead atoms. The van der Waals surface area contributed by atoms with Gasteiger partial charge in [-0.25, -0.2) is 5.48 Å². The van der Waals surface area contributed by atoms with Gasteiger partial charge in [-0.3, -0.25) is 9.63 Å². The number of nitrogens with two attached hydrogens (primary N) is 1. The third-order valence-corrected chi connectivity index (χ3v) is 2.68. The van der Waals surface area contributed by atoms with Gasteiger partial charge in [0.1, 0.15) is 12.4 Å². The summed E-state index contributed by atoms with van der Waals surface area (Å²) in [5, 5.41) is 0. The molecular weight excluding hydrogens is 268 g/mol. The highest BCUT2D eigenvalue weighted by Crippen LogP contribution is 2.13. The third kappa shape index (κ3) is 6.80. The van der Waals surface area contributed by atoms with E-state index < -0.39 is 6.04 Å². The molecule has 0 aliphatic heterocycles. The minimum Gasteiger partial charge on any atom is -0.481 e. The van der Waals surface area contributed by atoms with Crippen molar-refractivity contribution in [3.8, 4) is 17.6 Å². The highest BCUT2D eigenvalue weighted by molar-refractivity contribution is 5.80. The van der Waals surface area contributed by atoms with Crippen LogP contribution in [0.3, 0.4) is 0 Å². The summed E-state index contributed by atoms with van der Waals surface area (Å²) in [5.74, 6) is 6.01. The molecule has 114 valence electrons. The van der Waals surface area contributed by atoms with Crippen LogP contribution in [-0.4, -0.2) is 25.2 Å². The van der Waals surface area contributed by atoms with Gasteiger partial charge in [-0.1, -0.05) is 25.0 Å². The number of hydrogen-bond donors (Lipinski definition) is 2. The van der Waals surface area contributed by atoms with Crippen molar-refractivity contribution in [2.24, 2.45) is 5.73 Å². The Morgan fingerprint density at radius 1 is 1.38 bits per heavy atom. The van der Waals surface area contributed by atoms with Crippen LogP contribution in [0, 0.1) is 11.8 Å². The molecule has 0 aliphatic rings. The molecule has 3 N–H and O–H groups in total. The molecule has 5 nitrogen and oxygen atoms in total. The molecule has 1 atom stereocenters. The van der Waals surface area contributed by atoms with Gasteiger partial charge in [0.25, 0.3) is 5.91 Å².